The first-order chi connectivity index (χ1) is 15.6. The number of hydrogen-bond acceptors (Lipinski definition) is 3. The van der Waals surface area contributed by atoms with E-state index in [1.165, 1.54) is 18.4 Å². The molecule has 5 rings (SSSR count). The van der Waals surface area contributed by atoms with Crippen molar-refractivity contribution in [2.75, 3.05) is 6.54 Å². The van der Waals surface area contributed by atoms with Crippen LogP contribution in [0.4, 0.5) is 0 Å². The minimum atomic E-state index is -0.437. The summed E-state index contributed by atoms with van der Waals surface area (Å²) in [5.41, 5.74) is 11.9. The van der Waals surface area contributed by atoms with E-state index in [0.29, 0.717) is 17.0 Å². The first-order valence-electron chi connectivity index (χ1n) is 11.0. The molecule has 0 unspecified atom stereocenters. The fraction of sp³-hybridized carbons (Fsp3) is 0.222. The highest BCUT2D eigenvalue weighted by Gasteiger charge is 2.26. The SMILES string of the molecule is NC(=O)c1ccc(C2=N[C@H](Cc3ccc(C(=O)NCC4CC4)cc3)c3ccccc32)cc1. The van der Waals surface area contributed by atoms with E-state index in [-0.39, 0.29) is 11.9 Å². The largest absolute Gasteiger partial charge is 0.366 e. The number of rotatable bonds is 7. The molecule has 1 fully saturated rings. The molecule has 32 heavy (non-hydrogen) atoms. The minimum absolute atomic E-state index is 0.00521. The van der Waals surface area contributed by atoms with Crippen LogP contribution < -0.4 is 11.1 Å². The van der Waals surface area contributed by atoms with Gasteiger partial charge in [-0.3, -0.25) is 14.6 Å². The fourth-order valence-corrected chi connectivity index (χ4v) is 4.15. The van der Waals surface area contributed by atoms with E-state index in [1.54, 1.807) is 12.1 Å². The van der Waals surface area contributed by atoms with Gasteiger partial charge in [-0.2, -0.15) is 0 Å². The van der Waals surface area contributed by atoms with Gasteiger partial charge in [0, 0.05) is 28.8 Å². The molecule has 160 valence electrons. The topological polar surface area (TPSA) is 84.6 Å². The lowest BCUT2D eigenvalue weighted by Gasteiger charge is -2.10. The number of nitrogens with two attached hydrogens (primary N) is 1. The first kappa shape index (κ1) is 20.2. The van der Waals surface area contributed by atoms with E-state index in [4.69, 9.17) is 10.7 Å². The van der Waals surface area contributed by atoms with Crippen LogP contribution in [0.3, 0.4) is 0 Å². The van der Waals surface area contributed by atoms with Crippen molar-refractivity contribution in [3.05, 3.63) is 106 Å². The van der Waals surface area contributed by atoms with Gasteiger partial charge in [-0.15, -0.1) is 0 Å². The van der Waals surface area contributed by atoms with Crippen molar-refractivity contribution in [1.82, 2.24) is 5.32 Å². The van der Waals surface area contributed by atoms with Crippen molar-refractivity contribution in [3.8, 4) is 0 Å². The van der Waals surface area contributed by atoms with Crippen LogP contribution in [0.15, 0.2) is 77.8 Å². The molecule has 1 heterocycles. The number of fused-ring (bicyclic) bond motifs is 1. The maximum atomic E-state index is 12.3. The summed E-state index contributed by atoms with van der Waals surface area (Å²) in [5, 5.41) is 3.01. The summed E-state index contributed by atoms with van der Waals surface area (Å²) in [6.45, 7) is 0.775. The molecular weight excluding hydrogens is 398 g/mol. The molecule has 1 aliphatic heterocycles. The van der Waals surface area contributed by atoms with Gasteiger partial charge in [0.05, 0.1) is 11.8 Å². The fourth-order valence-electron chi connectivity index (χ4n) is 4.15. The van der Waals surface area contributed by atoms with Gasteiger partial charge >= 0.3 is 0 Å². The molecule has 0 aromatic heterocycles. The Morgan fingerprint density at radius 2 is 1.59 bits per heavy atom. The average molecular weight is 424 g/mol. The van der Waals surface area contributed by atoms with Crippen LogP contribution in [0.2, 0.25) is 0 Å². The van der Waals surface area contributed by atoms with Crippen molar-refractivity contribution in [3.63, 3.8) is 0 Å². The molecule has 1 saturated carbocycles. The van der Waals surface area contributed by atoms with Crippen LogP contribution in [0.1, 0.15) is 61.9 Å². The summed E-state index contributed by atoms with van der Waals surface area (Å²) < 4.78 is 0. The number of carbonyl (C=O) groups is 2. The number of carbonyl (C=O) groups excluding carboxylic acids is 2. The van der Waals surface area contributed by atoms with E-state index in [9.17, 15) is 9.59 Å². The van der Waals surface area contributed by atoms with Crippen molar-refractivity contribution in [2.45, 2.75) is 25.3 Å². The number of hydrogen-bond donors (Lipinski definition) is 2. The summed E-state index contributed by atoms with van der Waals surface area (Å²) in [6.07, 6.45) is 3.20. The highest BCUT2D eigenvalue weighted by molar-refractivity contribution is 6.15. The number of amides is 2. The Balaban J connectivity index is 1.35. The first-order valence-corrected chi connectivity index (χ1v) is 11.0. The third-order valence-corrected chi connectivity index (χ3v) is 6.20. The molecular formula is C27H25N3O2. The third kappa shape index (κ3) is 4.19. The monoisotopic (exact) mass is 423 g/mol. The van der Waals surface area contributed by atoms with Crippen molar-refractivity contribution >= 4 is 17.5 Å². The van der Waals surface area contributed by atoms with Crippen LogP contribution >= 0.6 is 0 Å². The lowest BCUT2D eigenvalue weighted by atomic mass is 9.94. The van der Waals surface area contributed by atoms with Gasteiger partial charge in [0.2, 0.25) is 5.91 Å². The quantitative estimate of drug-likeness (QED) is 0.601. The Labute approximate surface area is 187 Å². The van der Waals surface area contributed by atoms with Gasteiger partial charge in [-0.25, -0.2) is 0 Å². The van der Waals surface area contributed by atoms with E-state index in [0.717, 1.165) is 35.4 Å². The van der Waals surface area contributed by atoms with Crippen LogP contribution in [0.25, 0.3) is 0 Å². The van der Waals surface area contributed by atoms with Gasteiger partial charge in [0.25, 0.3) is 5.91 Å². The van der Waals surface area contributed by atoms with E-state index >= 15 is 0 Å². The number of nitrogens with one attached hydrogen (secondary N) is 1. The maximum absolute atomic E-state index is 12.3. The van der Waals surface area contributed by atoms with Crippen LogP contribution in [-0.4, -0.2) is 24.1 Å². The molecule has 0 radical (unpaired) electrons. The Kier molecular flexibility index (Phi) is 5.31. The lowest BCUT2D eigenvalue weighted by Crippen LogP contribution is -2.25. The highest BCUT2D eigenvalue weighted by atomic mass is 16.2. The predicted molar refractivity (Wildman–Crippen MR) is 125 cm³/mol. The molecule has 3 N–H and O–H groups in total. The Hall–Kier alpha value is -3.73. The van der Waals surface area contributed by atoms with Gasteiger partial charge in [0.1, 0.15) is 0 Å². The minimum Gasteiger partial charge on any atom is -0.366 e. The molecule has 1 aliphatic carbocycles. The zero-order valence-corrected chi connectivity index (χ0v) is 17.8. The van der Waals surface area contributed by atoms with Crippen molar-refractivity contribution < 1.29 is 9.59 Å². The second-order valence-corrected chi connectivity index (χ2v) is 8.58. The van der Waals surface area contributed by atoms with Crippen LogP contribution in [0, 0.1) is 5.92 Å². The summed E-state index contributed by atoms with van der Waals surface area (Å²) in [6, 6.07) is 23.4. The second-order valence-electron chi connectivity index (χ2n) is 8.58. The van der Waals surface area contributed by atoms with E-state index in [1.807, 2.05) is 48.5 Å². The predicted octanol–water partition coefficient (Wildman–Crippen LogP) is 4.06. The highest BCUT2D eigenvalue weighted by Crippen LogP contribution is 2.34. The van der Waals surface area contributed by atoms with Crippen LogP contribution in [0.5, 0.6) is 0 Å². The Morgan fingerprint density at radius 3 is 2.28 bits per heavy atom. The standard InChI is InChI=1S/C27H25N3O2/c28-26(31)20-13-11-19(12-14-20)25-23-4-2-1-3-22(23)24(30-25)15-17-7-9-21(10-8-17)27(32)29-16-18-5-6-18/h1-4,7-14,18,24H,5-6,15-16H2,(H2,28,31)(H,29,32)/t24-/m1/s1. The molecule has 2 aliphatic rings. The average Bonchev–Trinajstić information content (AvgIpc) is 3.59. The van der Waals surface area contributed by atoms with Gasteiger partial charge in [-0.1, -0.05) is 48.5 Å². The summed E-state index contributed by atoms with van der Waals surface area (Å²) in [5.74, 6) is 0.224. The molecule has 2 amide bonds. The Bertz CT molecular complexity index is 1190. The van der Waals surface area contributed by atoms with E-state index in [2.05, 4.69) is 17.4 Å². The third-order valence-electron chi connectivity index (χ3n) is 6.20. The smallest absolute Gasteiger partial charge is 0.251 e. The molecule has 5 heteroatoms. The number of primary amides is 1. The zero-order chi connectivity index (χ0) is 22.1. The van der Waals surface area contributed by atoms with Crippen LogP contribution in [-0.2, 0) is 6.42 Å². The van der Waals surface area contributed by atoms with Gasteiger partial charge < -0.3 is 11.1 Å². The Morgan fingerprint density at radius 1 is 0.906 bits per heavy atom. The normalized spacial score (nSPS) is 16.9. The maximum Gasteiger partial charge on any atom is 0.251 e. The lowest BCUT2D eigenvalue weighted by molar-refractivity contribution is 0.0950. The molecule has 3 aromatic rings. The molecule has 5 nitrogen and oxygen atoms in total. The summed E-state index contributed by atoms with van der Waals surface area (Å²) in [7, 11) is 0. The number of aliphatic imine (C=N–C) groups is 1. The van der Waals surface area contributed by atoms with Gasteiger partial charge in [0.15, 0.2) is 0 Å². The zero-order valence-electron chi connectivity index (χ0n) is 17.8. The molecule has 0 spiro atoms. The van der Waals surface area contributed by atoms with E-state index < -0.39 is 5.91 Å². The molecule has 3 aromatic carbocycles. The second kappa shape index (κ2) is 8.42. The summed E-state index contributed by atoms with van der Waals surface area (Å²) in [4.78, 5) is 28.7. The number of nitrogens with zero attached hydrogens (tertiary/aromatic N) is 1. The van der Waals surface area contributed by atoms with Crippen molar-refractivity contribution in [1.29, 1.82) is 0 Å². The molecule has 1 atom stereocenters. The number of benzene rings is 3. The van der Waals surface area contributed by atoms with Crippen molar-refractivity contribution in [2.24, 2.45) is 16.6 Å². The molecule has 0 saturated heterocycles. The van der Waals surface area contributed by atoms with Gasteiger partial charge in [-0.05, 0) is 60.6 Å². The summed E-state index contributed by atoms with van der Waals surface area (Å²) >= 11 is 0. The molecule has 0 bridgehead atoms.